The number of ether oxygens (including phenoxy) is 1. The number of hydrogen-bond acceptors (Lipinski definition) is 3. The fourth-order valence-corrected chi connectivity index (χ4v) is 4.23. The molecule has 4 rings (SSSR count). The van der Waals surface area contributed by atoms with Crippen molar-refractivity contribution in [1.29, 1.82) is 0 Å². The summed E-state index contributed by atoms with van der Waals surface area (Å²) >= 11 is 5.93. The molecular formula is C27H28ClN3O3. The Morgan fingerprint density at radius 2 is 1.71 bits per heavy atom. The van der Waals surface area contributed by atoms with Gasteiger partial charge >= 0.3 is 6.03 Å². The molecule has 0 spiro atoms. The summed E-state index contributed by atoms with van der Waals surface area (Å²) in [5.74, 6) is 0.770. The van der Waals surface area contributed by atoms with Crippen LogP contribution in [-0.2, 0) is 0 Å². The summed E-state index contributed by atoms with van der Waals surface area (Å²) in [7, 11) is 0. The number of benzene rings is 3. The minimum Gasteiger partial charge on any atom is -0.494 e. The predicted octanol–water partition coefficient (Wildman–Crippen LogP) is 6.40. The fraction of sp³-hybridized carbons (Fsp3) is 0.259. The van der Waals surface area contributed by atoms with Gasteiger partial charge in [0.15, 0.2) is 0 Å². The van der Waals surface area contributed by atoms with Gasteiger partial charge in [-0.15, -0.1) is 0 Å². The van der Waals surface area contributed by atoms with Crippen LogP contribution < -0.4 is 15.4 Å². The normalized spacial score (nSPS) is 15.5. The number of urea groups is 1. The van der Waals surface area contributed by atoms with E-state index >= 15 is 0 Å². The zero-order valence-corrected chi connectivity index (χ0v) is 19.8. The fourth-order valence-electron chi connectivity index (χ4n) is 4.11. The molecule has 1 saturated heterocycles. The molecule has 1 aliphatic rings. The second-order valence-electron chi connectivity index (χ2n) is 8.26. The lowest BCUT2D eigenvalue weighted by Gasteiger charge is -2.33. The van der Waals surface area contributed by atoms with E-state index < -0.39 is 0 Å². The lowest BCUT2D eigenvalue weighted by atomic mass is 9.89. The number of piperidine rings is 1. The Morgan fingerprint density at radius 1 is 1.00 bits per heavy atom. The molecule has 1 fully saturated rings. The Kier molecular flexibility index (Phi) is 7.70. The van der Waals surface area contributed by atoms with Gasteiger partial charge in [0.05, 0.1) is 6.61 Å². The first kappa shape index (κ1) is 23.6. The van der Waals surface area contributed by atoms with E-state index in [0.717, 1.165) is 24.2 Å². The van der Waals surface area contributed by atoms with E-state index in [1.54, 1.807) is 30.3 Å². The smallest absolute Gasteiger partial charge is 0.321 e. The average molecular weight is 478 g/mol. The maximum Gasteiger partial charge on any atom is 0.321 e. The highest BCUT2D eigenvalue weighted by Crippen LogP contribution is 2.28. The molecule has 3 aromatic rings. The molecule has 6 nitrogen and oxygen atoms in total. The van der Waals surface area contributed by atoms with Gasteiger partial charge in [-0.1, -0.05) is 23.7 Å². The molecule has 34 heavy (non-hydrogen) atoms. The summed E-state index contributed by atoms with van der Waals surface area (Å²) < 4.78 is 5.45. The van der Waals surface area contributed by atoms with E-state index in [1.807, 2.05) is 54.3 Å². The van der Waals surface area contributed by atoms with Crippen molar-refractivity contribution in [2.24, 2.45) is 0 Å². The molecule has 7 heteroatoms. The summed E-state index contributed by atoms with van der Waals surface area (Å²) in [6, 6.07) is 21.9. The van der Waals surface area contributed by atoms with Gasteiger partial charge < -0.3 is 20.3 Å². The van der Waals surface area contributed by atoms with Gasteiger partial charge in [-0.05, 0) is 86.0 Å². The van der Waals surface area contributed by atoms with Crippen molar-refractivity contribution in [1.82, 2.24) is 4.90 Å². The molecule has 0 radical (unpaired) electrons. The number of anilines is 2. The van der Waals surface area contributed by atoms with Crippen molar-refractivity contribution in [3.05, 3.63) is 88.9 Å². The number of nitrogens with zero attached hydrogens (tertiary/aromatic N) is 1. The lowest BCUT2D eigenvalue weighted by molar-refractivity contribution is 0.102. The van der Waals surface area contributed by atoms with Gasteiger partial charge in [-0.3, -0.25) is 4.79 Å². The zero-order chi connectivity index (χ0) is 23.9. The molecule has 3 amide bonds. The molecule has 176 valence electrons. The van der Waals surface area contributed by atoms with E-state index in [2.05, 4.69) is 10.6 Å². The van der Waals surface area contributed by atoms with Crippen LogP contribution in [0.5, 0.6) is 5.75 Å². The first-order chi connectivity index (χ1) is 16.5. The predicted molar refractivity (Wildman–Crippen MR) is 136 cm³/mol. The maximum atomic E-state index is 12.8. The van der Waals surface area contributed by atoms with Crippen molar-refractivity contribution in [2.45, 2.75) is 25.7 Å². The van der Waals surface area contributed by atoms with Crippen LogP contribution in [0.25, 0.3) is 0 Å². The number of halogens is 1. The Bertz CT molecular complexity index is 1130. The molecule has 3 aromatic carbocycles. The van der Waals surface area contributed by atoms with E-state index in [-0.39, 0.29) is 17.9 Å². The quantitative estimate of drug-likeness (QED) is 0.431. The van der Waals surface area contributed by atoms with Crippen molar-refractivity contribution >= 4 is 34.9 Å². The summed E-state index contributed by atoms with van der Waals surface area (Å²) in [5, 5.41) is 6.50. The van der Waals surface area contributed by atoms with Crippen LogP contribution in [0.3, 0.4) is 0 Å². The van der Waals surface area contributed by atoms with E-state index in [1.165, 1.54) is 0 Å². The van der Waals surface area contributed by atoms with Crippen LogP contribution in [0.1, 0.15) is 41.6 Å². The van der Waals surface area contributed by atoms with Crippen LogP contribution in [0.15, 0.2) is 72.8 Å². The lowest BCUT2D eigenvalue weighted by Crippen LogP contribution is -2.41. The standard InChI is InChI=1S/C27H28ClN3O3/c1-2-34-25-14-12-23(13-15-25)29-26(32)20-6-3-5-19(17-20)21-7-4-16-31(18-21)27(33)30-24-10-8-22(28)9-11-24/h3,5-6,8-15,17,21H,2,4,7,16,18H2,1H3,(H,29,32)(H,30,33)/t21-/m0/s1. The largest absolute Gasteiger partial charge is 0.494 e. The Hall–Kier alpha value is -3.51. The summed E-state index contributed by atoms with van der Waals surface area (Å²) in [4.78, 5) is 27.4. The number of carbonyl (C=O) groups excluding carboxylic acids is 2. The highest BCUT2D eigenvalue weighted by Gasteiger charge is 2.25. The molecule has 1 aliphatic heterocycles. The van der Waals surface area contributed by atoms with E-state index in [9.17, 15) is 9.59 Å². The van der Waals surface area contributed by atoms with Crippen molar-refractivity contribution in [3.63, 3.8) is 0 Å². The molecular weight excluding hydrogens is 450 g/mol. The molecule has 0 unspecified atom stereocenters. The Morgan fingerprint density at radius 3 is 2.44 bits per heavy atom. The van der Waals surface area contributed by atoms with Crippen LogP contribution in [-0.4, -0.2) is 36.5 Å². The summed E-state index contributed by atoms with van der Waals surface area (Å²) in [6.07, 6.45) is 1.87. The molecule has 0 bridgehead atoms. The number of likely N-dealkylation sites (tertiary alicyclic amines) is 1. The first-order valence-electron chi connectivity index (χ1n) is 11.5. The second-order valence-corrected chi connectivity index (χ2v) is 8.70. The summed E-state index contributed by atoms with van der Waals surface area (Å²) in [6.45, 7) is 3.83. The van der Waals surface area contributed by atoms with Crippen molar-refractivity contribution in [2.75, 3.05) is 30.3 Å². The third-order valence-corrected chi connectivity index (χ3v) is 6.10. The van der Waals surface area contributed by atoms with Crippen molar-refractivity contribution < 1.29 is 14.3 Å². The van der Waals surface area contributed by atoms with Gasteiger partial charge in [0.2, 0.25) is 0 Å². The monoisotopic (exact) mass is 477 g/mol. The van der Waals surface area contributed by atoms with Gasteiger partial charge in [0, 0.05) is 41.0 Å². The number of rotatable bonds is 6. The summed E-state index contributed by atoms with van der Waals surface area (Å²) in [5.41, 5.74) is 3.07. The third-order valence-electron chi connectivity index (χ3n) is 5.85. The van der Waals surface area contributed by atoms with Gasteiger partial charge in [-0.2, -0.15) is 0 Å². The van der Waals surface area contributed by atoms with E-state index in [4.69, 9.17) is 16.3 Å². The maximum absolute atomic E-state index is 12.8. The molecule has 1 atom stereocenters. The minimum absolute atomic E-state index is 0.128. The average Bonchev–Trinajstić information content (AvgIpc) is 2.87. The van der Waals surface area contributed by atoms with Crippen LogP contribution >= 0.6 is 11.6 Å². The highest BCUT2D eigenvalue weighted by molar-refractivity contribution is 6.30. The van der Waals surface area contributed by atoms with Gasteiger partial charge in [-0.25, -0.2) is 4.79 Å². The number of carbonyl (C=O) groups is 2. The first-order valence-corrected chi connectivity index (χ1v) is 11.9. The number of nitrogens with one attached hydrogen (secondary N) is 2. The Labute approximate surface area is 204 Å². The third kappa shape index (κ3) is 6.08. The van der Waals surface area contributed by atoms with Crippen LogP contribution in [0.2, 0.25) is 5.02 Å². The topological polar surface area (TPSA) is 70.7 Å². The molecule has 1 heterocycles. The van der Waals surface area contributed by atoms with E-state index in [0.29, 0.717) is 41.7 Å². The van der Waals surface area contributed by atoms with Crippen LogP contribution in [0, 0.1) is 0 Å². The zero-order valence-electron chi connectivity index (χ0n) is 19.1. The number of amides is 3. The second kappa shape index (κ2) is 11.1. The number of hydrogen-bond donors (Lipinski definition) is 2. The molecule has 0 aliphatic carbocycles. The van der Waals surface area contributed by atoms with Gasteiger partial charge in [0.25, 0.3) is 5.91 Å². The van der Waals surface area contributed by atoms with Crippen LogP contribution in [0.4, 0.5) is 16.2 Å². The molecule has 2 N–H and O–H groups in total. The minimum atomic E-state index is -0.167. The van der Waals surface area contributed by atoms with Crippen molar-refractivity contribution in [3.8, 4) is 5.75 Å². The van der Waals surface area contributed by atoms with Gasteiger partial charge in [0.1, 0.15) is 5.75 Å². The highest BCUT2D eigenvalue weighted by atomic mass is 35.5. The Balaban J connectivity index is 1.39. The molecule has 0 saturated carbocycles. The molecule has 0 aromatic heterocycles. The SMILES string of the molecule is CCOc1ccc(NC(=O)c2cccc([C@H]3CCCN(C(=O)Nc4ccc(Cl)cc4)C3)c2)cc1.